The lowest BCUT2D eigenvalue weighted by Crippen LogP contribution is -2.44. The van der Waals surface area contributed by atoms with Gasteiger partial charge in [0.15, 0.2) is 0 Å². The molecule has 0 fully saturated rings. The molecule has 0 spiro atoms. The van der Waals surface area contributed by atoms with Crippen LogP contribution < -0.4 is 16.0 Å². The smallest absolute Gasteiger partial charge is 0.247 e. The molecule has 1 aromatic carbocycles. The van der Waals surface area contributed by atoms with Crippen LogP contribution in [-0.4, -0.2) is 32.0 Å². The molecule has 0 unspecified atom stereocenters. The van der Waals surface area contributed by atoms with Crippen molar-refractivity contribution in [2.24, 2.45) is 5.73 Å². The fraction of sp³-hybridized carbons (Fsp3) is 0.273. The number of rotatable bonds is 4. The van der Waals surface area contributed by atoms with Crippen molar-refractivity contribution >= 4 is 17.5 Å². The van der Waals surface area contributed by atoms with Crippen LogP contribution in [0.25, 0.3) is 0 Å². The second-order valence-electron chi connectivity index (χ2n) is 3.19. The fourth-order valence-electron chi connectivity index (χ4n) is 1.33. The summed E-state index contributed by atoms with van der Waals surface area (Å²) in [5, 5.41) is 2.71. The van der Waals surface area contributed by atoms with Crippen LogP contribution in [0.5, 0.6) is 0 Å². The number of amides is 2. The van der Waals surface area contributed by atoms with E-state index in [2.05, 4.69) is 5.32 Å². The average molecular weight is 221 g/mol. The molecule has 1 aromatic rings. The Morgan fingerprint density at radius 3 is 2.38 bits per heavy atom. The number of anilines is 1. The molecule has 0 radical (unpaired) electrons. The van der Waals surface area contributed by atoms with Gasteiger partial charge in [-0.3, -0.25) is 9.59 Å². The molecule has 0 aliphatic carbocycles. The molecule has 0 bridgehead atoms. The van der Waals surface area contributed by atoms with Crippen LogP contribution in [0.3, 0.4) is 0 Å². The van der Waals surface area contributed by atoms with Gasteiger partial charge in [-0.25, -0.2) is 4.90 Å². The predicted molar refractivity (Wildman–Crippen MR) is 61.9 cm³/mol. The van der Waals surface area contributed by atoms with Gasteiger partial charge < -0.3 is 11.1 Å². The second-order valence-corrected chi connectivity index (χ2v) is 3.19. The SMILES string of the molecule is CNCC(=O)N(C(=O)CN)c1ccccc1. The van der Waals surface area contributed by atoms with E-state index >= 15 is 0 Å². The van der Waals surface area contributed by atoms with Crippen LogP contribution in [0, 0.1) is 0 Å². The van der Waals surface area contributed by atoms with Crippen molar-refractivity contribution in [2.45, 2.75) is 0 Å². The van der Waals surface area contributed by atoms with Crippen molar-refractivity contribution < 1.29 is 9.59 Å². The standard InChI is InChI=1S/C11H15N3O2/c1-13-8-11(16)14(10(15)7-12)9-5-3-2-4-6-9/h2-6,13H,7-8,12H2,1H3. The highest BCUT2D eigenvalue weighted by molar-refractivity contribution is 6.16. The molecule has 16 heavy (non-hydrogen) atoms. The molecule has 5 nitrogen and oxygen atoms in total. The maximum atomic E-state index is 11.7. The summed E-state index contributed by atoms with van der Waals surface area (Å²) in [5.74, 6) is -0.726. The summed E-state index contributed by atoms with van der Waals surface area (Å²) in [6.07, 6.45) is 0. The third-order valence-corrected chi connectivity index (χ3v) is 2.02. The number of nitrogens with one attached hydrogen (secondary N) is 1. The maximum absolute atomic E-state index is 11.7. The maximum Gasteiger partial charge on any atom is 0.247 e. The number of hydrogen-bond acceptors (Lipinski definition) is 4. The number of nitrogens with zero attached hydrogens (tertiary/aromatic N) is 1. The summed E-state index contributed by atoms with van der Waals surface area (Å²) in [5.41, 5.74) is 5.82. The number of imide groups is 1. The molecule has 3 N–H and O–H groups in total. The van der Waals surface area contributed by atoms with Crippen LogP contribution in [0.15, 0.2) is 30.3 Å². The van der Waals surface area contributed by atoms with Crippen molar-refractivity contribution in [3.8, 4) is 0 Å². The van der Waals surface area contributed by atoms with Gasteiger partial charge in [0.05, 0.1) is 18.8 Å². The van der Waals surface area contributed by atoms with E-state index in [-0.39, 0.29) is 19.0 Å². The molecule has 0 atom stereocenters. The normalized spacial score (nSPS) is 9.88. The molecule has 5 heteroatoms. The van der Waals surface area contributed by atoms with Gasteiger partial charge in [-0.05, 0) is 19.2 Å². The summed E-state index contributed by atoms with van der Waals surface area (Å²) >= 11 is 0. The van der Waals surface area contributed by atoms with Crippen molar-refractivity contribution in [2.75, 3.05) is 25.0 Å². The number of nitrogens with two attached hydrogens (primary N) is 1. The Hall–Kier alpha value is -1.72. The number of carbonyl (C=O) groups is 2. The zero-order valence-corrected chi connectivity index (χ0v) is 9.14. The highest BCUT2D eigenvalue weighted by Crippen LogP contribution is 2.13. The van der Waals surface area contributed by atoms with E-state index in [1.54, 1.807) is 31.3 Å². The first-order valence-electron chi connectivity index (χ1n) is 4.96. The van der Waals surface area contributed by atoms with Gasteiger partial charge in [0.1, 0.15) is 0 Å². The lowest BCUT2D eigenvalue weighted by Gasteiger charge is -2.19. The second kappa shape index (κ2) is 5.99. The highest BCUT2D eigenvalue weighted by atomic mass is 16.2. The van der Waals surface area contributed by atoms with E-state index in [4.69, 9.17) is 5.73 Å². The van der Waals surface area contributed by atoms with E-state index < -0.39 is 5.91 Å². The largest absolute Gasteiger partial charge is 0.322 e. The molecule has 86 valence electrons. The molecule has 2 amide bonds. The summed E-state index contributed by atoms with van der Waals surface area (Å²) < 4.78 is 0. The summed E-state index contributed by atoms with van der Waals surface area (Å²) in [6, 6.07) is 8.73. The van der Waals surface area contributed by atoms with Crippen LogP contribution in [0.4, 0.5) is 5.69 Å². The Balaban J connectivity index is 2.97. The molecule has 0 aliphatic heterocycles. The number of benzene rings is 1. The minimum Gasteiger partial charge on any atom is -0.322 e. The van der Waals surface area contributed by atoms with Gasteiger partial charge >= 0.3 is 0 Å². The number of carbonyl (C=O) groups excluding carboxylic acids is 2. The van der Waals surface area contributed by atoms with Crippen LogP contribution in [-0.2, 0) is 9.59 Å². The minimum absolute atomic E-state index is 0.0979. The summed E-state index contributed by atoms with van der Waals surface area (Å²) in [6.45, 7) is -0.0923. The highest BCUT2D eigenvalue weighted by Gasteiger charge is 2.20. The monoisotopic (exact) mass is 221 g/mol. The fourth-order valence-corrected chi connectivity index (χ4v) is 1.33. The average Bonchev–Trinajstić information content (AvgIpc) is 2.31. The first kappa shape index (κ1) is 12.4. The topological polar surface area (TPSA) is 75.4 Å². The van der Waals surface area contributed by atoms with Gasteiger partial charge in [-0.2, -0.15) is 0 Å². The lowest BCUT2D eigenvalue weighted by atomic mass is 10.2. The lowest BCUT2D eigenvalue weighted by molar-refractivity contribution is -0.125. The van der Waals surface area contributed by atoms with Crippen molar-refractivity contribution in [1.29, 1.82) is 0 Å². The third-order valence-electron chi connectivity index (χ3n) is 2.02. The molecule has 0 saturated heterocycles. The molecule has 1 rings (SSSR count). The Morgan fingerprint density at radius 2 is 1.88 bits per heavy atom. The van der Waals surface area contributed by atoms with Gasteiger partial charge in [0.25, 0.3) is 0 Å². The molecule has 0 aromatic heterocycles. The predicted octanol–water partition coefficient (Wildman–Crippen LogP) is -0.276. The van der Waals surface area contributed by atoms with Crippen molar-refractivity contribution in [1.82, 2.24) is 5.32 Å². The Kier molecular flexibility index (Phi) is 4.63. The Bertz CT molecular complexity index is 365. The van der Waals surface area contributed by atoms with Crippen molar-refractivity contribution in [3.05, 3.63) is 30.3 Å². The van der Waals surface area contributed by atoms with Crippen LogP contribution in [0.1, 0.15) is 0 Å². The van der Waals surface area contributed by atoms with Gasteiger partial charge in [-0.15, -0.1) is 0 Å². The van der Waals surface area contributed by atoms with Gasteiger partial charge in [0, 0.05) is 0 Å². The van der Waals surface area contributed by atoms with Crippen molar-refractivity contribution in [3.63, 3.8) is 0 Å². The van der Waals surface area contributed by atoms with E-state index in [0.717, 1.165) is 4.90 Å². The van der Waals surface area contributed by atoms with Crippen LogP contribution >= 0.6 is 0 Å². The van der Waals surface area contributed by atoms with E-state index in [0.29, 0.717) is 5.69 Å². The first-order chi connectivity index (χ1) is 7.70. The van der Waals surface area contributed by atoms with Gasteiger partial charge in [-0.1, -0.05) is 18.2 Å². The zero-order chi connectivity index (χ0) is 12.0. The zero-order valence-electron chi connectivity index (χ0n) is 9.14. The molecular formula is C11H15N3O2. The molecular weight excluding hydrogens is 206 g/mol. The molecule has 0 aliphatic rings. The number of likely N-dealkylation sites (N-methyl/N-ethyl adjacent to an activating group) is 1. The quantitative estimate of drug-likeness (QED) is 0.733. The number of hydrogen-bond donors (Lipinski definition) is 2. The minimum atomic E-state index is -0.411. The molecule has 0 heterocycles. The third kappa shape index (κ3) is 2.88. The summed E-state index contributed by atoms with van der Waals surface area (Å²) in [4.78, 5) is 24.4. The van der Waals surface area contributed by atoms with Crippen LogP contribution in [0.2, 0.25) is 0 Å². The van der Waals surface area contributed by atoms with E-state index in [1.165, 1.54) is 0 Å². The summed E-state index contributed by atoms with van der Waals surface area (Å²) in [7, 11) is 1.65. The molecule has 0 saturated carbocycles. The van der Waals surface area contributed by atoms with E-state index in [1.807, 2.05) is 6.07 Å². The Labute approximate surface area is 94.2 Å². The Morgan fingerprint density at radius 1 is 1.25 bits per heavy atom. The first-order valence-corrected chi connectivity index (χ1v) is 4.96. The van der Waals surface area contributed by atoms with E-state index in [9.17, 15) is 9.59 Å². The number of para-hydroxylation sites is 1. The van der Waals surface area contributed by atoms with Gasteiger partial charge in [0.2, 0.25) is 11.8 Å².